The number of aliphatic hydroxyl groups is 1. The summed E-state index contributed by atoms with van der Waals surface area (Å²) >= 11 is 0. The van der Waals surface area contributed by atoms with Crippen molar-refractivity contribution in [1.29, 1.82) is 5.26 Å². The number of aromatic nitrogens is 3. The second kappa shape index (κ2) is 8.42. The number of nitriles is 1. The second-order valence-corrected chi connectivity index (χ2v) is 10.6. The number of allylic oxidation sites excluding steroid dienone is 1. The number of rotatable bonds is 4. The third-order valence-corrected chi connectivity index (χ3v) is 8.56. The van der Waals surface area contributed by atoms with Crippen LogP contribution in [0.25, 0.3) is 22.3 Å². The molecule has 3 aliphatic rings. The van der Waals surface area contributed by atoms with Gasteiger partial charge in [0.15, 0.2) is 5.82 Å². The lowest BCUT2D eigenvalue weighted by atomic mass is 9.57. The third kappa shape index (κ3) is 3.52. The van der Waals surface area contributed by atoms with Gasteiger partial charge < -0.3 is 9.84 Å². The maximum Gasteiger partial charge on any atom is 0.220 e. The summed E-state index contributed by atoms with van der Waals surface area (Å²) in [7, 11) is 0. The van der Waals surface area contributed by atoms with Gasteiger partial charge in [0.25, 0.3) is 0 Å². The van der Waals surface area contributed by atoms with E-state index in [4.69, 9.17) is 14.7 Å². The summed E-state index contributed by atoms with van der Waals surface area (Å²) in [5.41, 5.74) is 3.74. The van der Waals surface area contributed by atoms with Gasteiger partial charge in [-0.05, 0) is 55.6 Å². The van der Waals surface area contributed by atoms with Crippen LogP contribution in [0.4, 0.5) is 0 Å². The molecule has 6 heteroatoms. The summed E-state index contributed by atoms with van der Waals surface area (Å²) in [4.78, 5) is 14.7. The molecule has 2 aromatic heterocycles. The van der Waals surface area contributed by atoms with E-state index in [0.29, 0.717) is 29.8 Å². The highest BCUT2D eigenvalue weighted by Gasteiger charge is 2.50. The molecule has 0 saturated heterocycles. The third-order valence-electron chi connectivity index (χ3n) is 8.56. The van der Waals surface area contributed by atoms with Crippen molar-refractivity contribution in [3.63, 3.8) is 0 Å². The van der Waals surface area contributed by atoms with Gasteiger partial charge in [-0.25, -0.2) is 4.98 Å². The van der Waals surface area contributed by atoms with Crippen LogP contribution in [0.2, 0.25) is 0 Å². The fourth-order valence-corrected chi connectivity index (χ4v) is 6.29. The van der Waals surface area contributed by atoms with E-state index >= 15 is 0 Å². The molecular weight excluding hydrogens is 436 g/mol. The van der Waals surface area contributed by atoms with Crippen LogP contribution < -0.4 is 4.74 Å². The van der Waals surface area contributed by atoms with Gasteiger partial charge in [0.1, 0.15) is 0 Å². The van der Waals surface area contributed by atoms with Crippen LogP contribution in [0.15, 0.2) is 48.2 Å². The SMILES string of the molecule is C[C@H]1C(O)C(C#N)=C[C@@]2(C)c3nc(-c4ccnc5ccccc45)nc(OCC4CCC4)c3CC[C@H]12. The number of para-hydroxylation sites is 1. The molecule has 1 unspecified atom stereocenters. The molecule has 3 aromatic rings. The first-order valence-electron chi connectivity index (χ1n) is 12.7. The zero-order chi connectivity index (χ0) is 24.2. The van der Waals surface area contributed by atoms with Gasteiger partial charge in [-0.15, -0.1) is 0 Å². The Labute approximate surface area is 205 Å². The summed E-state index contributed by atoms with van der Waals surface area (Å²) in [5.74, 6) is 2.03. The topological polar surface area (TPSA) is 91.9 Å². The minimum atomic E-state index is -0.737. The molecule has 6 nitrogen and oxygen atoms in total. The second-order valence-electron chi connectivity index (χ2n) is 10.6. The van der Waals surface area contributed by atoms with Crippen molar-refractivity contribution in [2.45, 2.75) is 57.5 Å². The van der Waals surface area contributed by atoms with E-state index in [9.17, 15) is 10.4 Å². The molecule has 4 atom stereocenters. The Kier molecular flexibility index (Phi) is 5.34. The molecule has 0 spiro atoms. The summed E-state index contributed by atoms with van der Waals surface area (Å²) in [6, 6.07) is 12.2. The Morgan fingerprint density at radius 1 is 1.17 bits per heavy atom. The van der Waals surface area contributed by atoms with Crippen LogP contribution in [0.1, 0.15) is 50.8 Å². The molecular formula is C29H30N4O2. The van der Waals surface area contributed by atoms with E-state index in [1.165, 1.54) is 19.3 Å². The molecule has 1 aromatic carbocycles. The van der Waals surface area contributed by atoms with Crippen LogP contribution >= 0.6 is 0 Å². The normalized spacial score (nSPS) is 27.8. The Morgan fingerprint density at radius 2 is 2.00 bits per heavy atom. The fourth-order valence-electron chi connectivity index (χ4n) is 6.29. The van der Waals surface area contributed by atoms with E-state index in [2.05, 4.69) is 24.9 Å². The van der Waals surface area contributed by atoms with Gasteiger partial charge in [-0.3, -0.25) is 4.98 Å². The van der Waals surface area contributed by atoms with Crippen LogP contribution in [-0.4, -0.2) is 32.8 Å². The van der Waals surface area contributed by atoms with Gasteiger partial charge in [0.2, 0.25) is 5.88 Å². The Morgan fingerprint density at radius 3 is 2.77 bits per heavy atom. The average molecular weight is 467 g/mol. The summed E-state index contributed by atoms with van der Waals surface area (Å²) in [5, 5.41) is 21.5. The van der Waals surface area contributed by atoms with Gasteiger partial charge in [0.05, 0.1) is 35.6 Å². The number of aliphatic hydroxyl groups excluding tert-OH is 1. The van der Waals surface area contributed by atoms with E-state index in [0.717, 1.165) is 40.6 Å². The van der Waals surface area contributed by atoms with Crippen LogP contribution in [-0.2, 0) is 11.8 Å². The lowest BCUT2D eigenvalue weighted by molar-refractivity contribution is 0.0661. The van der Waals surface area contributed by atoms with E-state index in [1.807, 2.05) is 36.4 Å². The summed E-state index contributed by atoms with van der Waals surface area (Å²) in [6.45, 7) is 4.89. The highest BCUT2D eigenvalue weighted by molar-refractivity contribution is 5.92. The molecule has 1 fully saturated rings. The molecule has 178 valence electrons. The maximum absolute atomic E-state index is 10.8. The predicted octanol–water partition coefficient (Wildman–Crippen LogP) is 5.15. The van der Waals surface area contributed by atoms with Crippen molar-refractivity contribution in [3.05, 3.63) is 59.4 Å². The van der Waals surface area contributed by atoms with Crippen molar-refractivity contribution >= 4 is 10.9 Å². The first kappa shape index (κ1) is 22.2. The number of ether oxygens (including phenoxy) is 1. The Balaban J connectivity index is 1.55. The lowest BCUT2D eigenvalue weighted by Crippen LogP contribution is -2.47. The van der Waals surface area contributed by atoms with Crippen molar-refractivity contribution in [2.75, 3.05) is 6.61 Å². The van der Waals surface area contributed by atoms with Gasteiger partial charge >= 0.3 is 0 Å². The zero-order valence-corrected chi connectivity index (χ0v) is 20.2. The summed E-state index contributed by atoms with van der Waals surface area (Å²) < 4.78 is 6.41. The molecule has 0 aliphatic heterocycles. The predicted molar refractivity (Wildman–Crippen MR) is 134 cm³/mol. The monoisotopic (exact) mass is 466 g/mol. The standard InChI is InChI=1S/C29H30N4O2/c1-17-23-11-10-22-26(29(23,2)14-19(15-30)25(17)34)32-27(33-28(22)35-16-18-6-5-7-18)21-12-13-31-24-9-4-3-8-20(21)24/h3-4,8-9,12-14,17-18,23,25,34H,5-7,10-11,16H2,1-2H3/t17-,23-,25?,29-/m1/s1. The molecule has 1 N–H and O–H groups in total. The molecule has 2 heterocycles. The molecule has 35 heavy (non-hydrogen) atoms. The zero-order valence-electron chi connectivity index (χ0n) is 20.2. The van der Waals surface area contributed by atoms with Gasteiger partial charge in [-0.2, -0.15) is 10.2 Å². The van der Waals surface area contributed by atoms with Crippen LogP contribution in [0, 0.1) is 29.1 Å². The summed E-state index contributed by atoms with van der Waals surface area (Å²) in [6.07, 6.45) is 8.41. The number of fused-ring (bicyclic) bond motifs is 4. The first-order valence-corrected chi connectivity index (χ1v) is 12.7. The van der Waals surface area contributed by atoms with Crippen molar-refractivity contribution in [1.82, 2.24) is 15.0 Å². The average Bonchev–Trinajstić information content (AvgIpc) is 2.85. The molecule has 0 amide bonds. The number of pyridine rings is 1. The number of hydrogen-bond donors (Lipinski definition) is 1. The molecule has 6 rings (SSSR count). The van der Waals surface area contributed by atoms with E-state index in [-0.39, 0.29) is 11.8 Å². The van der Waals surface area contributed by atoms with Gasteiger partial charge in [-0.1, -0.05) is 44.5 Å². The fraction of sp³-hybridized carbons (Fsp3) is 0.448. The highest BCUT2D eigenvalue weighted by Crippen LogP contribution is 2.52. The number of benzene rings is 1. The van der Waals surface area contributed by atoms with Crippen molar-refractivity contribution in [2.24, 2.45) is 17.8 Å². The largest absolute Gasteiger partial charge is 0.477 e. The molecule has 0 bridgehead atoms. The minimum Gasteiger partial charge on any atom is -0.477 e. The maximum atomic E-state index is 10.8. The van der Waals surface area contributed by atoms with E-state index < -0.39 is 11.5 Å². The lowest BCUT2D eigenvalue weighted by Gasteiger charge is -2.47. The molecule has 3 aliphatic carbocycles. The quantitative estimate of drug-likeness (QED) is 0.572. The molecule has 0 radical (unpaired) electrons. The van der Waals surface area contributed by atoms with Crippen molar-refractivity contribution in [3.8, 4) is 23.3 Å². The van der Waals surface area contributed by atoms with Gasteiger partial charge in [0, 0.05) is 28.1 Å². The Hall–Kier alpha value is -3.30. The smallest absolute Gasteiger partial charge is 0.220 e. The highest BCUT2D eigenvalue weighted by atomic mass is 16.5. The number of nitrogens with zero attached hydrogens (tertiary/aromatic N) is 4. The first-order chi connectivity index (χ1) is 17.0. The number of hydrogen-bond acceptors (Lipinski definition) is 6. The van der Waals surface area contributed by atoms with Crippen molar-refractivity contribution < 1.29 is 9.84 Å². The van der Waals surface area contributed by atoms with Crippen LogP contribution in [0.5, 0.6) is 5.88 Å². The van der Waals surface area contributed by atoms with Crippen LogP contribution in [0.3, 0.4) is 0 Å². The van der Waals surface area contributed by atoms with E-state index in [1.54, 1.807) is 6.20 Å². The Bertz CT molecular complexity index is 1370. The molecule has 1 saturated carbocycles. The minimum absolute atomic E-state index is 0.0349.